The van der Waals surface area contributed by atoms with Gasteiger partial charge in [-0.15, -0.1) is 0 Å². The lowest BCUT2D eigenvalue weighted by Gasteiger charge is -2.08. The molecule has 0 saturated carbocycles. The fraction of sp³-hybridized carbons (Fsp3) is 0.0500. The molecule has 4 aromatic carbocycles. The average Bonchev–Trinajstić information content (AvgIpc) is 2.57. The van der Waals surface area contributed by atoms with E-state index in [1.165, 1.54) is 16.2 Å². The van der Waals surface area contributed by atoms with Crippen molar-refractivity contribution in [3.05, 3.63) is 66.2 Å². The maximum absolute atomic E-state index is 9.39. The van der Waals surface area contributed by atoms with Crippen molar-refractivity contribution in [1.29, 1.82) is 5.26 Å². The summed E-state index contributed by atoms with van der Waals surface area (Å²) in [5.41, 5.74) is 0.643. The van der Waals surface area contributed by atoms with Gasteiger partial charge in [-0.1, -0.05) is 24.3 Å². The molecule has 2 heteroatoms. The summed E-state index contributed by atoms with van der Waals surface area (Å²) in [4.78, 5) is 0. The Balaban J connectivity index is 2.14. The van der Waals surface area contributed by atoms with Crippen molar-refractivity contribution in [2.75, 3.05) is 7.11 Å². The molecule has 0 amide bonds. The topological polar surface area (TPSA) is 33.0 Å². The van der Waals surface area contributed by atoms with Crippen LogP contribution in [0, 0.1) is 11.3 Å². The maximum atomic E-state index is 9.39. The van der Waals surface area contributed by atoms with Gasteiger partial charge in [-0.05, 0) is 63.3 Å². The molecule has 0 aliphatic heterocycles. The summed E-state index contributed by atoms with van der Waals surface area (Å²) in [6, 6.07) is 22.9. The first-order valence-electron chi connectivity index (χ1n) is 7.13. The van der Waals surface area contributed by atoms with Crippen LogP contribution in [0.2, 0.25) is 0 Å². The monoisotopic (exact) mass is 283 g/mol. The molecule has 2 nitrogen and oxygen atoms in total. The third kappa shape index (κ3) is 1.88. The highest BCUT2D eigenvalue weighted by Crippen LogP contribution is 2.31. The fourth-order valence-electron chi connectivity index (χ4n) is 2.99. The summed E-state index contributed by atoms with van der Waals surface area (Å²) in [6.45, 7) is 0. The van der Waals surface area contributed by atoms with Crippen LogP contribution in [0.15, 0.2) is 60.7 Å². The van der Waals surface area contributed by atoms with Crippen LogP contribution in [-0.2, 0) is 0 Å². The Bertz CT molecular complexity index is 1070. The van der Waals surface area contributed by atoms with Crippen LogP contribution in [0.25, 0.3) is 32.3 Å². The Morgan fingerprint density at radius 3 is 2.05 bits per heavy atom. The van der Waals surface area contributed by atoms with Gasteiger partial charge in [-0.2, -0.15) is 5.26 Å². The van der Waals surface area contributed by atoms with E-state index in [0.29, 0.717) is 11.3 Å². The summed E-state index contributed by atoms with van der Waals surface area (Å²) in [7, 11) is 1.62. The van der Waals surface area contributed by atoms with Gasteiger partial charge in [0.05, 0.1) is 18.7 Å². The predicted molar refractivity (Wildman–Crippen MR) is 90.2 cm³/mol. The molecule has 104 valence electrons. The highest BCUT2D eigenvalue weighted by Gasteiger charge is 2.07. The van der Waals surface area contributed by atoms with Crippen molar-refractivity contribution in [3.63, 3.8) is 0 Å². The summed E-state index contributed by atoms with van der Waals surface area (Å²) < 4.78 is 5.30. The third-order valence-electron chi connectivity index (χ3n) is 4.10. The van der Waals surface area contributed by atoms with E-state index < -0.39 is 0 Å². The smallest absolute Gasteiger partial charge is 0.120 e. The highest BCUT2D eigenvalue weighted by molar-refractivity contribution is 6.06. The van der Waals surface area contributed by atoms with Crippen molar-refractivity contribution in [3.8, 4) is 11.8 Å². The minimum absolute atomic E-state index is 0.643. The van der Waals surface area contributed by atoms with Crippen LogP contribution in [0.1, 0.15) is 5.56 Å². The number of hydrogen-bond acceptors (Lipinski definition) is 2. The lowest BCUT2D eigenvalue weighted by Crippen LogP contribution is -1.87. The molecule has 0 atom stereocenters. The van der Waals surface area contributed by atoms with E-state index in [1.807, 2.05) is 18.2 Å². The Morgan fingerprint density at radius 2 is 1.41 bits per heavy atom. The molecule has 0 heterocycles. The number of nitriles is 1. The zero-order valence-corrected chi connectivity index (χ0v) is 12.1. The van der Waals surface area contributed by atoms with E-state index >= 15 is 0 Å². The summed E-state index contributed by atoms with van der Waals surface area (Å²) >= 11 is 0. The molecule has 4 rings (SSSR count). The van der Waals surface area contributed by atoms with Crippen LogP contribution in [0.4, 0.5) is 0 Å². The molecule has 0 fully saturated rings. The average molecular weight is 283 g/mol. The van der Waals surface area contributed by atoms with Gasteiger partial charge in [0.15, 0.2) is 0 Å². The van der Waals surface area contributed by atoms with Crippen LogP contribution < -0.4 is 4.74 Å². The SMILES string of the molecule is COc1cc(C#N)c2cc3cc4ccccc4cc3cc2c1. The second-order valence-electron chi connectivity index (χ2n) is 5.41. The quantitative estimate of drug-likeness (QED) is 0.459. The number of methoxy groups -OCH3 is 1. The van der Waals surface area contributed by atoms with Gasteiger partial charge < -0.3 is 4.74 Å². The standard InChI is InChI=1S/C20H13NO/c1-22-19-9-17-8-15-6-13-4-2-3-5-14(13)7-16(15)11-20(17)18(10-19)12-21/h2-11H,1H3. The van der Waals surface area contributed by atoms with Crippen molar-refractivity contribution in [2.45, 2.75) is 0 Å². The Labute approximate surface area is 128 Å². The molecule has 0 N–H and O–H groups in total. The zero-order valence-electron chi connectivity index (χ0n) is 12.1. The first kappa shape index (κ1) is 12.7. The first-order chi connectivity index (χ1) is 10.8. The molecule has 0 spiro atoms. The van der Waals surface area contributed by atoms with E-state index in [0.717, 1.165) is 16.2 Å². The summed E-state index contributed by atoms with van der Waals surface area (Å²) in [5, 5.41) is 16.1. The molecule has 22 heavy (non-hydrogen) atoms. The second kappa shape index (κ2) is 4.75. The normalized spacial score (nSPS) is 10.9. The predicted octanol–water partition coefficient (Wildman–Crippen LogP) is 5.03. The van der Waals surface area contributed by atoms with Crippen molar-refractivity contribution < 1.29 is 4.74 Å². The Morgan fingerprint density at radius 1 is 0.773 bits per heavy atom. The molecule has 0 radical (unpaired) electrons. The molecule has 0 saturated heterocycles. The van der Waals surface area contributed by atoms with Crippen LogP contribution in [0.5, 0.6) is 5.75 Å². The highest BCUT2D eigenvalue weighted by atomic mass is 16.5. The van der Waals surface area contributed by atoms with Crippen molar-refractivity contribution in [2.24, 2.45) is 0 Å². The van der Waals surface area contributed by atoms with Gasteiger partial charge in [-0.3, -0.25) is 0 Å². The van der Waals surface area contributed by atoms with E-state index in [9.17, 15) is 5.26 Å². The molecule has 4 aromatic rings. The maximum Gasteiger partial charge on any atom is 0.120 e. The molecule has 0 aromatic heterocycles. The number of rotatable bonds is 1. The van der Waals surface area contributed by atoms with Crippen molar-refractivity contribution in [1.82, 2.24) is 0 Å². The number of hydrogen-bond donors (Lipinski definition) is 0. The van der Waals surface area contributed by atoms with Crippen molar-refractivity contribution >= 4 is 32.3 Å². The molecule has 0 unspecified atom stereocenters. The molecular formula is C20H13NO. The van der Waals surface area contributed by atoms with Gasteiger partial charge in [0, 0.05) is 5.39 Å². The zero-order chi connectivity index (χ0) is 15.1. The molecule has 0 bridgehead atoms. The Hall–Kier alpha value is -3.05. The van der Waals surface area contributed by atoms with E-state index in [4.69, 9.17) is 4.74 Å². The van der Waals surface area contributed by atoms with Gasteiger partial charge in [-0.25, -0.2) is 0 Å². The third-order valence-corrected chi connectivity index (χ3v) is 4.10. The number of nitrogens with zero attached hydrogens (tertiary/aromatic N) is 1. The first-order valence-corrected chi connectivity index (χ1v) is 7.13. The molecule has 0 aliphatic carbocycles. The van der Waals surface area contributed by atoms with E-state index in [2.05, 4.69) is 42.5 Å². The minimum Gasteiger partial charge on any atom is -0.497 e. The van der Waals surface area contributed by atoms with Gasteiger partial charge in [0.2, 0.25) is 0 Å². The largest absolute Gasteiger partial charge is 0.497 e. The fourth-order valence-corrected chi connectivity index (χ4v) is 2.99. The summed E-state index contributed by atoms with van der Waals surface area (Å²) in [6.07, 6.45) is 0. The molecular weight excluding hydrogens is 270 g/mol. The van der Waals surface area contributed by atoms with Crippen LogP contribution in [-0.4, -0.2) is 7.11 Å². The molecule has 0 aliphatic rings. The van der Waals surface area contributed by atoms with Crippen LogP contribution in [0.3, 0.4) is 0 Å². The lowest BCUT2D eigenvalue weighted by atomic mass is 9.97. The van der Waals surface area contributed by atoms with Gasteiger partial charge in [0.25, 0.3) is 0 Å². The van der Waals surface area contributed by atoms with E-state index in [1.54, 1.807) is 13.2 Å². The van der Waals surface area contributed by atoms with Gasteiger partial charge >= 0.3 is 0 Å². The lowest BCUT2D eigenvalue weighted by molar-refractivity contribution is 0.415. The number of fused-ring (bicyclic) bond motifs is 3. The minimum atomic E-state index is 0.643. The van der Waals surface area contributed by atoms with Crippen LogP contribution >= 0.6 is 0 Å². The van der Waals surface area contributed by atoms with E-state index in [-0.39, 0.29) is 0 Å². The van der Waals surface area contributed by atoms with Gasteiger partial charge in [0.1, 0.15) is 5.75 Å². The number of benzene rings is 4. The number of ether oxygens (including phenoxy) is 1. The summed E-state index contributed by atoms with van der Waals surface area (Å²) in [5.74, 6) is 0.712. The Kier molecular flexibility index (Phi) is 2.74. The second-order valence-corrected chi connectivity index (χ2v) is 5.41.